The number of ether oxygens (including phenoxy) is 1. The number of halogens is 1. The third-order valence-corrected chi connectivity index (χ3v) is 5.60. The standard InChI is InChI=1S/C20H27N5O2.ClH/c21-18(14-9-12-27-13-10-14)20(26)22-16-7-5-15(6-8-16)19-24-23-17-4-2-1-3-11-25(17)19;/h5-8,14,18H,1-4,9-13,21H2,(H,22,26);1H. The zero-order chi connectivity index (χ0) is 18.6. The number of nitrogens with one attached hydrogen (secondary N) is 1. The molecule has 3 N–H and O–H groups in total. The molecule has 7 nitrogen and oxygen atoms in total. The van der Waals surface area contributed by atoms with Gasteiger partial charge in [0.2, 0.25) is 5.91 Å². The first-order valence-corrected chi connectivity index (χ1v) is 9.89. The molecule has 0 radical (unpaired) electrons. The van der Waals surface area contributed by atoms with E-state index in [1.54, 1.807) is 0 Å². The average molecular weight is 406 g/mol. The summed E-state index contributed by atoms with van der Waals surface area (Å²) in [7, 11) is 0. The molecule has 8 heteroatoms. The van der Waals surface area contributed by atoms with Crippen LogP contribution >= 0.6 is 12.4 Å². The molecule has 1 atom stereocenters. The van der Waals surface area contributed by atoms with Crippen molar-refractivity contribution in [1.82, 2.24) is 14.8 Å². The molecule has 1 fully saturated rings. The Balaban J connectivity index is 0.00000225. The van der Waals surface area contributed by atoms with E-state index in [0.29, 0.717) is 13.2 Å². The van der Waals surface area contributed by atoms with Crippen LogP contribution < -0.4 is 11.1 Å². The minimum atomic E-state index is -0.499. The molecule has 0 aliphatic carbocycles. The van der Waals surface area contributed by atoms with Crippen LogP contribution in [0.15, 0.2) is 24.3 Å². The lowest BCUT2D eigenvalue weighted by atomic mass is 9.92. The van der Waals surface area contributed by atoms with Gasteiger partial charge in [-0.15, -0.1) is 22.6 Å². The summed E-state index contributed by atoms with van der Waals surface area (Å²) in [5, 5.41) is 11.7. The zero-order valence-electron chi connectivity index (χ0n) is 16.0. The van der Waals surface area contributed by atoms with Gasteiger partial charge in [0.25, 0.3) is 0 Å². The van der Waals surface area contributed by atoms with Crippen molar-refractivity contribution in [3.8, 4) is 11.4 Å². The Hall–Kier alpha value is -1.96. The number of fused-ring (bicyclic) bond motifs is 1. The van der Waals surface area contributed by atoms with Crippen LogP contribution in [0.25, 0.3) is 11.4 Å². The summed E-state index contributed by atoms with van der Waals surface area (Å²) in [6, 6.07) is 7.28. The summed E-state index contributed by atoms with van der Waals surface area (Å²) in [6.07, 6.45) is 6.25. The number of nitrogens with zero attached hydrogens (tertiary/aromatic N) is 3. The predicted molar refractivity (Wildman–Crippen MR) is 110 cm³/mol. The Morgan fingerprint density at radius 3 is 2.64 bits per heavy atom. The maximum Gasteiger partial charge on any atom is 0.241 e. The lowest BCUT2D eigenvalue weighted by Gasteiger charge is -2.26. The van der Waals surface area contributed by atoms with Gasteiger partial charge in [0, 0.05) is 37.4 Å². The Labute approximate surface area is 171 Å². The highest BCUT2D eigenvalue weighted by molar-refractivity contribution is 5.95. The second-order valence-electron chi connectivity index (χ2n) is 7.44. The van der Waals surface area contributed by atoms with Gasteiger partial charge in [-0.25, -0.2) is 0 Å². The summed E-state index contributed by atoms with van der Waals surface area (Å²) < 4.78 is 7.57. The van der Waals surface area contributed by atoms with Gasteiger partial charge >= 0.3 is 0 Å². The highest BCUT2D eigenvalue weighted by atomic mass is 35.5. The molecule has 1 aromatic carbocycles. The maximum atomic E-state index is 12.5. The molecule has 0 spiro atoms. The highest BCUT2D eigenvalue weighted by Crippen LogP contribution is 2.24. The van der Waals surface area contributed by atoms with Crippen molar-refractivity contribution in [2.75, 3.05) is 18.5 Å². The third-order valence-electron chi connectivity index (χ3n) is 5.60. The topological polar surface area (TPSA) is 95.1 Å². The second-order valence-corrected chi connectivity index (χ2v) is 7.44. The minimum Gasteiger partial charge on any atom is -0.381 e. The Kier molecular flexibility index (Phi) is 7.04. The first kappa shape index (κ1) is 20.8. The summed E-state index contributed by atoms with van der Waals surface area (Å²) >= 11 is 0. The number of amides is 1. The summed E-state index contributed by atoms with van der Waals surface area (Å²) in [5.74, 6) is 2.03. The van der Waals surface area contributed by atoms with Crippen LogP contribution in [0.1, 0.15) is 37.9 Å². The molecule has 2 aromatic rings. The van der Waals surface area contributed by atoms with Crippen LogP contribution in [0, 0.1) is 5.92 Å². The van der Waals surface area contributed by atoms with Crippen molar-refractivity contribution in [2.45, 2.75) is 51.1 Å². The largest absolute Gasteiger partial charge is 0.381 e. The highest BCUT2D eigenvalue weighted by Gasteiger charge is 2.26. The van der Waals surface area contributed by atoms with E-state index in [1.807, 2.05) is 24.3 Å². The van der Waals surface area contributed by atoms with Crippen LogP contribution in [0.3, 0.4) is 0 Å². The fraction of sp³-hybridized carbons (Fsp3) is 0.550. The summed E-state index contributed by atoms with van der Waals surface area (Å²) in [5.41, 5.74) is 7.92. The lowest BCUT2D eigenvalue weighted by Crippen LogP contribution is -2.43. The Morgan fingerprint density at radius 2 is 1.89 bits per heavy atom. The molecule has 2 aliphatic rings. The molecular weight excluding hydrogens is 378 g/mol. The number of nitrogens with two attached hydrogens (primary N) is 1. The molecule has 3 heterocycles. The predicted octanol–water partition coefficient (Wildman–Crippen LogP) is 2.79. The van der Waals surface area contributed by atoms with Crippen molar-refractivity contribution < 1.29 is 9.53 Å². The molecule has 4 rings (SSSR count). The normalized spacial score (nSPS) is 18.5. The number of aryl methyl sites for hydroxylation is 1. The molecule has 1 saturated heterocycles. The van der Waals surface area contributed by atoms with Crippen LogP contribution in [-0.2, 0) is 22.5 Å². The van der Waals surface area contributed by atoms with Crippen molar-refractivity contribution >= 4 is 24.0 Å². The first-order chi connectivity index (χ1) is 13.2. The van der Waals surface area contributed by atoms with Gasteiger partial charge < -0.3 is 20.4 Å². The molecule has 1 amide bonds. The zero-order valence-corrected chi connectivity index (χ0v) is 16.8. The number of anilines is 1. The fourth-order valence-corrected chi connectivity index (χ4v) is 3.92. The van der Waals surface area contributed by atoms with E-state index >= 15 is 0 Å². The SMILES string of the molecule is Cl.NC(C(=O)Nc1ccc(-c2nnc3n2CCCCC3)cc1)C1CCOCC1. The van der Waals surface area contributed by atoms with Gasteiger partial charge in [0.1, 0.15) is 5.82 Å². The summed E-state index contributed by atoms with van der Waals surface area (Å²) in [6.45, 7) is 2.34. The van der Waals surface area contributed by atoms with Crippen LogP contribution in [0.2, 0.25) is 0 Å². The van der Waals surface area contributed by atoms with Gasteiger partial charge in [-0.2, -0.15) is 0 Å². The Morgan fingerprint density at radius 1 is 1.14 bits per heavy atom. The van der Waals surface area contributed by atoms with Gasteiger partial charge in [0.05, 0.1) is 6.04 Å². The molecule has 1 unspecified atom stereocenters. The van der Waals surface area contributed by atoms with Crippen LogP contribution in [-0.4, -0.2) is 39.9 Å². The fourth-order valence-electron chi connectivity index (χ4n) is 3.92. The van der Waals surface area contributed by atoms with Gasteiger partial charge in [0.15, 0.2) is 5.82 Å². The van der Waals surface area contributed by atoms with E-state index in [4.69, 9.17) is 10.5 Å². The number of hydrogen-bond acceptors (Lipinski definition) is 5. The van der Waals surface area contributed by atoms with Gasteiger partial charge in [-0.05, 0) is 55.9 Å². The smallest absolute Gasteiger partial charge is 0.241 e. The maximum absolute atomic E-state index is 12.5. The number of carbonyl (C=O) groups is 1. The van der Waals surface area contributed by atoms with Crippen molar-refractivity contribution in [3.05, 3.63) is 30.1 Å². The van der Waals surface area contributed by atoms with Crippen molar-refractivity contribution in [2.24, 2.45) is 11.7 Å². The quantitative estimate of drug-likeness (QED) is 0.815. The molecular formula is C20H28ClN5O2. The van der Waals surface area contributed by atoms with Crippen molar-refractivity contribution in [3.63, 3.8) is 0 Å². The molecule has 28 heavy (non-hydrogen) atoms. The van der Waals surface area contributed by atoms with Crippen LogP contribution in [0.5, 0.6) is 0 Å². The van der Waals surface area contributed by atoms with Crippen LogP contribution in [0.4, 0.5) is 5.69 Å². The minimum absolute atomic E-state index is 0. The van der Waals surface area contributed by atoms with E-state index in [0.717, 1.165) is 55.1 Å². The molecule has 1 aromatic heterocycles. The monoisotopic (exact) mass is 405 g/mol. The van der Waals surface area contributed by atoms with Gasteiger partial charge in [-0.3, -0.25) is 4.79 Å². The molecule has 152 valence electrons. The van der Waals surface area contributed by atoms with E-state index in [-0.39, 0.29) is 24.2 Å². The first-order valence-electron chi connectivity index (χ1n) is 9.89. The second kappa shape index (κ2) is 9.49. The van der Waals surface area contributed by atoms with Gasteiger partial charge in [-0.1, -0.05) is 6.42 Å². The molecule has 2 aliphatic heterocycles. The molecule has 0 saturated carbocycles. The van der Waals surface area contributed by atoms with E-state index in [9.17, 15) is 4.79 Å². The number of hydrogen-bond donors (Lipinski definition) is 2. The average Bonchev–Trinajstić information content (AvgIpc) is 2.96. The summed E-state index contributed by atoms with van der Waals surface area (Å²) in [4.78, 5) is 12.5. The molecule has 0 bridgehead atoms. The lowest BCUT2D eigenvalue weighted by molar-refractivity contribution is -0.119. The van der Waals surface area contributed by atoms with E-state index < -0.39 is 6.04 Å². The number of benzene rings is 1. The number of aromatic nitrogens is 3. The van der Waals surface area contributed by atoms with Crippen molar-refractivity contribution in [1.29, 1.82) is 0 Å². The third kappa shape index (κ3) is 4.54. The van der Waals surface area contributed by atoms with E-state index in [2.05, 4.69) is 20.1 Å². The number of carbonyl (C=O) groups excluding carboxylic acids is 1. The Bertz CT molecular complexity index is 786. The number of rotatable bonds is 4. The van der Waals surface area contributed by atoms with E-state index in [1.165, 1.54) is 12.8 Å².